The van der Waals surface area contributed by atoms with Gasteiger partial charge in [-0.3, -0.25) is 4.79 Å². The monoisotopic (exact) mass is 182 g/mol. The molecule has 1 rings (SSSR count). The van der Waals surface area contributed by atoms with E-state index in [1.54, 1.807) is 11.0 Å². The van der Waals surface area contributed by atoms with Gasteiger partial charge in [0.15, 0.2) is 0 Å². The van der Waals surface area contributed by atoms with Gasteiger partial charge in [0.1, 0.15) is 0 Å². The van der Waals surface area contributed by atoms with Crippen molar-refractivity contribution in [3.8, 4) is 0 Å². The average molecular weight is 182 g/mol. The summed E-state index contributed by atoms with van der Waals surface area (Å²) >= 11 is 0. The Morgan fingerprint density at radius 3 is 3.00 bits per heavy atom. The van der Waals surface area contributed by atoms with Crippen molar-refractivity contribution in [1.29, 1.82) is 0 Å². The Balaban J connectivity index is 2.40. The van der Waals surface area contributed by atoms with Gasteiger partial charge in [-0.05, 0) is 19.4 Å². The molecule has 0 aromatic heterocycles. The fourth-order valence-electron chi connectivity index (χ4n) is 1.61. The lowest BCUT2D eigenvalue weighted by Gasteiger charge is -2.26. The maximum atomic E-state index is 11.7. The first kappa shape index (κ1) is 10.3. The van der Waals surface area contributed by atoms with E-state index in [1.165, 1.54) is 6.42 Å². The van der Waals surface area contributed by atoms with Gasteiger partial charge in [-0.1, -0.05) is 12.5 Å². The first-order chi connectivity index (χ1) is 6.25. The standard InChI is InChI=1S/C10H18N2O/c1-3-8-12(2)10(13)9-6-4-5-7-11-9/h3,9,11H,1,4-8H2,2H3. The molecule has 1 saturated heterocycles. The largest absolute Gasteiger partial charge is 0.341 e. The highest BCUT2D eigenvalue weighted by atomic mass is 16.2. The van der Waals surface area contributed by atoms with Gasteiger partial charge >= 0.3 is 0 Å². The van der Waals surface area contributed by atoms with Crippen LogP contribution in [0.1, 0.15) is 19.3 Å². The van der Waals surface area contributed by atoms with Gasteiger partial charge < -0.3 is 10.2 Å². The van der Waals surface area contributed by atoms with E-state index in [4.69, 9.17) is 0 Å². The fraction of sp³-hybridized carbons (Fsp3) is 0.700. The molecule has 0 bridgehead atoms. The van der Waals surface area contributed by atoms with Crippen LogP contribution in [0, 0.1) is 0 Å². The summed E-state index contributed by atoms with van der Waals surface area (Å²) in [5.74, 6) is 0.194. The van der Waals surface area contributed by atoms with E-state index in [0.29, 0.717) is 6.54 Å². The van der Waals surface area contributed by atoms with Gasteiger partial charge in [0.25, 0.3) is 0 Å². The molecule has 0 radical (unpaired) electrons. The molecule has 0 saturated carbocycles. The van der Waals surface area contributed by atoms with Crippen LogP contribution in [0.5, 0.6) is 0 Å². The highest BCUT2D eigenvalue weighted by Gasteiger charge is 2.22. The van der Waals surface area contributed by atoms with E-state index in [0.717, 1.165) is 19.4 Å². The van der Waals surface area contributed by atoms with Crippen molar-refractivity contribution >= 4 is 5.91 Å². The third kappa shape index (κ3) is 2.84. The minimum atomic E-state index is 0.0405. The zero-order chi connectivity index (χ0) is 9.68. The lowest BCUT2D eigenvalue weighted by atomic mass is 10.0. The summed E-state index contributed by atoms with van der Waals surface area (Å²) < 4.78 is 0. The van der Waals surface area contributed by atoms with Gasteiger partial charge in [0.05, 0.1) is 6.04 Å². The predicted molar refractivity (Wildman–Crippen MR) is 53.5 cm³/mol. The van der Waals surface area contributed by atoms with Gasteiger partial charge in [0, 0.05) is 13.6 Å². The summed E-state index contributed by atoms with van der Waals surface area (Å²) in [5.41, 5.74) is 0. The Morgan fingerprint density at radius 2 is 2.46 bits per heavy atom. The summed E-state index contributed by atoms with van der Waals surface area (Å²) in [6, 6.07) is 0.0405. The summed E-state index contributed by atoms with van der Waals surface area (Å²) in [5, 5.41) is 3.23. The normalized spacial score (nSPS) is 22.4. The van der Waals surface area contributed by atoms with E-state index in [-0.39, 0.29) is 11.9 Å². The van der Waals surface area contributed by atoms with Crippen LogP contribution >= 0.6 is 0 Å². The van der Waals surface area contributed by atoms with Crippen LogP contribution in [0.25, 0.3) is 0 Å². The first-order valence-corrected chi connectivity index (χ1v) is 4.85. The molecule has 1 heterocycles. The number of carbonyl (C=O) groups excluding carboxylic acids is 1. The molecule has 1 aliphatic heterocycles. The third-order valence-corrected chi connectivity index (χ3v) is 2.39. The van der Waals surface area contributed by atoms with Crippen molar-refractivity contribution in [3.63, 3.8) is 0 Å². The van der Waals surface area contributed by atoms with Gasteiger partial charge in [-0.2, -0.15) is 0 Å². The Morgan fingerprint density at radius 1 is 1.69 bits per heavy atom. The second kappa shape index (κ2) is 5.02. The van der Waals surface area contributed by atoms with Crippen molar-refractivity contribution < 1.29 is 4.79 Å². The zero-order valence-electron chi connectivity index (χ0n) is 8.25. The molecule has 1 fully saturated rings. The predicted octanol–water partition coefficient (Wildman–Crippen LogP) is 0.773. The Labute approximate surface area is 79.8 Å². The maximum Gasteiger partial charge on any atom is 0.239 e. The number of likely N-dealkylation sites (N-methyl/N-ethyl adjacent to an activating group) is 1. The van der Waals surface area contributed by atoms with Crippen LogP contribution in [-0.4, -0.2) is 37.0 Å². The highest BCUT2D eigenvalue weighted by Crippen LogP contribution is 2.08. The molecule has 1 aliphatic rings. The molecule has 3 heteroatoms. The number of rotatable bonds is 3. The van der Waals surface area contributed by atoms with Crippen molar-refractivity contribution in [2.75, 3.05) is 20.1 Å². The Hall–Kier alpha value is -0.830. The van der Waals surface area contributed by atoms with E-state index in [1.807, 2.05) is 7.05 Å². The van der Waals surface area contributed by atoms with Crippen LogP contribution in [0.4, 0.5) is 0 Å². The molecule has 0 aliphatic carbocycles. The van der Waals surface area contributed by atoms with Crippen molar-refractivity contribution in [2.24, 2.45) is 0 Å². The highest BCUT2D eigenvalue weighted by molar-refractivity contribution is 5.81. The van der Waals surface area contributed by atoms with E-state index in [2.05, 4.69) is 11.9 Å². The summed E-state index contributed by atoms with van der Waals surface area (Å²) in [6.07, 6.45) is 5.07. The van der Waals surface area contributed by atoms with Crippen LogP contribution in [0.3, 0.4) is 0 Å². The minimum absolute atomic E-state index is 0.0405. The van der Waals surface area contributed by atoms with Crippen molar-refractivity contribution in [2.45, 2.75) is 25.3 Å². The number of amides is 1. The summed E-state index contributed by atoms with van der Waals surface area (Å²) in [6.45, 7) is 5.22. The summed E-state index contributed by atoms with van der Waals surface area (Å²) in [4.78, 5) is 13.4. The van der Waals surface area contributed by atoms with Crippen LogP contribution in [0.2, 0.25) is 0 Å². The fourth-order valence-corrected chi connectivity index (χ4v) is 1.61. The molecule has 0 aromatic carbocycles. The Bertz CT molecular complexity index is 185. The van der Waals surface area contributed by atoms with Gasteiger partial charge in [0.2, 0.25) is 5.91 Å². The smallest absolute Gasteiger partial charge is 0.239 e. The molecule has 1 atom stereocenters. The average Bonchev–Trinajstić information content (AvgIpc) is 2.18. The van der Waals surface area contributed by atoms with E-state index >= 15 is 0 Å². The number of piperidine rings is 1. The quantitative estimate of drug-likeness (QED) is 0.654. The third-order valence-electron chi connectivity index (χ3n) is 2.39. The zero-order valence-corrected chi connectivity index (χ0v) is 8.25. The van der Waals surface area contributed by atoms with Crippen molar-refractivity contribution in [1.82, 2.24) is 10.2 Å². The summed E-state index contributed by atoms with van der Waals surface area (Å²) in [7, 11) is 1.82. The topological polar surface area (TPSA) is 32.3 Å². The maximum absolute atomic E-state index is 11.7. The number of hydrogen-bond acceptors (Lipinski definition) is 2. The molecule has 0 spiro atoms. The molecular weight excluding hydrogens is 164 g/mol. The van der Waals surface area contributed by atoms with E-state index < -0.39 is 0 Å². The molecule has 1 amide bonds. The SMILES string of the molecule is C=CCN(C)C(=O)C1CCCCN1. The van der Waals surface area contributed by atoms with Gasteiger partial charge in [-0.25, -0.2) is 0 Å². The second-order valence-electron chi connectivity index (χ2n) is 3.51. The molecule has 1 unspecified atom stereocenters. The lowest BCUT2D eigenvalue weighted by molar-refractivity contribution is -0.132. The number of nitrogens with zero attached hydrogens (tertiary/aromatic N) is 1. The number of carbonyl (C=O) groups is 1. The molecule has 3 nitrogen and oxygen atoms in total. The second-order valence-corrected chi connectivity index (χ2v) is 3.51. The molecule has 74 valence electrons. The van der Waals surface area contributed by atoms with Crippen LogP contribution in [0.15, 0.2) is 12.7 Å². The van der Waals surface area contributed by atoms with Crippen LogP contribution in [-0.2, 0) is 4.79 Å². The lowest BCUT2D eigenvalue weighted by Crippen LogP contribution is -2.47. The number of nitrogens with one attached hydrogen (secondary N) is 1. The molecule has 0 aromatic rings. The van der Waals surface area contributed by atoms with E-state index in [9.17, 15) is 4.79 Å². The molecule has 1 N–H and O–H groups in total. The van der Waals surface area contributed by atoms with Crippen LogP contribution < -0.4 is 5.32 Å². The molecule has 13 heavy (non-hydrogen) atoms. The minimum Gasteiger partial charge on any atom is -0.341 e. The van der Waals surface area contributed by atoms with Gasteiger partial charge in [-0.15, -0.1) is 6.58 Å². The first-order valence-electron chi connectivity index (χ1n) is 4.85. The number of hydrogen-bond donors (Lipinski definition) is 1. The van der Waals surface area contributed by atoms with Crippen molar-refractivity contribution in [3.05, 3.63) is 12.7 Å². The Kier molecular flexibility index (Phi) is 3.96. The molecular formula is C10H18N2O.